The summed E-state index contributed by atoms with van der Waals surface area (Å²) in [7, 11) is 0. The summed E-state index contributed by atoms with van der Waals surface area (Å²) in [6.45, 7) is 5.36. The van der Waals surface area contributed by atoms with Crippen LogP contribution in [0.5, 0.6) is 0 Å². The number of fused-ring (bicyclic) bond motifs is 1. The maximum Gasteiger partial charge on any atom is 0.233 e. The van der Waals surface area contributed by atoms with Crippen molar-refractivity contribution < 1.29 is 4.79 Å². The lowest BCUT2D eigenvalue weighted by Crippen LogP contribution is -2.38. The van der Waals surface area contributed by atoms with Gasteiger partial charge >= 0.3 is 0 Å². The fraction of sp³-hybridized carbons (Fsp3) is 0.562. The molecule has 0 heterocycles. The highest BCUT2D eigenvalue weighted by Gasteiger charge is 2.19. The Morgan fingerprint density at radius 1 is 1.37 bits per heavy atom. The molecule has 104 valence electrons. The van der Waals surface area contributed by atoms with Crippen molar-refractivity contribution in [3.8, 4) is 0 Å². The van der Waals surface area contributed by atoms with Gasteiger partial charge in [0.2, 0.25) is 5.91 Å². The molecule has 0 bridgehead atoms. The van der Waals surface area contributed by atoms with Crippen molar-refractivity contribution in [3.63, 3.8) is 0 Å². The third-order valence-electron chi connectivity index (χ3n) is 3.59. The van der Waals surface area contributed by atoms with Crippen LogP contribution in [0.15, 0.2) is 24.3 Å². The molecule has 1 aliphatic carbocycles. The van der Waals surface area contributed by atoms with E-state index in [1.54, 1.807) is 0 Å². The molecule has 19 heavy (non-hydrogen) atoms. The Hall–Kier alpha value is -1.35. The first-order chi connectivity index (χ1) is 9.16. The van der Waals surface area contributed by atoms with E-state index in [2.05, 4.69) is 48.7 Å². The van der Waals surface area contributed by atoms with Gasteiger partial charge in [0.1, 0.15) is 0 Å². The van der Waals surface area contributed by atoms with Crippen molar-refractivity contribution in [2.75, 3.05) is 13.1 Å². The summed E-state index contributed by atoms with van der Waals surface area (Å²) in [5.74, 6) is 0.594. The molecule has 1 unspecified atom stereocenters. The third-order valence-corrected chi connectivity index (χ3v) is 3.59. The molecule has 0 radical (unpaired) electrons. The molecule has 0 saturated carbocycles. The van der Waals surface area contributed by atoms with Gasteiger partial charge in [0, 0.05) is 12.6 Å². The van der Waals surface area contributed by atoms with Gasteiger partial charge in [-0.15, -0.1) is 0 Å². The quantitative estimate of drug-likeness (QED) is 0.853. The Morgan fingerprint density at radius 2 is 2.16 bits per heavy atom. The number of benzene rings is 1. The maximum atomic E-state index is 11.7. The largest absolute Gasteiger partial charge is 0.355 e. The minimum Gasteiger partial charge on any atom is -0.355 e. The third kappa shape index (κ3) is 4.06. The van der Waals surface area contributed by atoms with Crippen LogP contribution in [-0.2, 0) is 11.2 Å². The first kappa shape index (κ1) is 14.1. The van der Waals surface area contributed by atoms with Crippen LogP contribution >= 0.6 is 0 Å². The molecule has 0 aliphatic heterocycles. The zero-order valence-electron chi connectivity index (χ0n) is 11.9. The highest BCUT2D eigenvalue weighted by atomic mass is 16.1. The number of hydrogen-bond donors (Lipinski definition) is 2. The van der Waals surface area contributed by atoms with E-state index in [0.29, 0.717) is 18.5 Å². The van der Waals surface area contributed by atoms with E-state index in [1.165, 1.54) is 17.5 Å². The van der Waals surface area contributed by atoms with E-state index in [1.807, 2.05) is 0 Å². The average molecular weight is 260 g/mol. The van der Waals surface area contributed by atoms with E-state index >= 15 is 0 Å². The molecule has 1 aromatic rings. The molecule has 1 amide bonds. The number of hydrogen-bond acceptors (Lipinski definition) is 2. The second kappa shape index (κ2) is 6.71. The number of carbonyl (C=O) groups is 1. The number of aryl methyl sites for hydroxylation is 1. The van der Waals surface area contributed by atoms with Crippen molar-refractivity contribution in [1.82, 2.24) is 10.6 Å². The summed E-state index contributed by atoms with van der Waals surface area (Å²) in [6, 6.07) is 8.88. The predicted octanol–water partition coefficient (Wildman–Crippen LogP) is 2.43. The molecule has 3 heteroatoms. The monoisotopic (exact) mass is 260 g/mol. The maximum absolute atomic E-state index is 11.7. The fourth-order valence-corrected chi connectivity index (χ4v) is 2.56. The molecular formula is C16H24N2O. The van der Waals surface area contributed by atoms with Gasteiger partial charge in [0.15, 0.2) is 0 Å². The normalized spacial score (nSPS) is 18.2. The molecule has 0 saturated heterocycles. The predicted molar refractivity (Wildman–Crippen MR) is 78.0 cm³/mol. The van der Waals surface area contributed by atoms with E-state index < -0.39 is 0 Å². The molecule has 0 aromatic heterocycles. The zero-order chi connectivity index (χ0) is 13.7. The highest BCUT2D eigenvalue weighted by molar-refractivity contribution is 5.78. The SMILES string of the molecule is CC(C)CNC(=O)CNC1CCCc2ccccc21. The molecule has 0 spiro atoms. The van der Waals surface area contributed by atoms with Crippen LogP contribution in [0.3, 0.4) is 0 Å². The molecule has 1 atom stereocenters. The first-order valence-corrected chi connectivity index (χ1v) is 7.24. The van der Waals surface area contributed by atoms with Gasteiger partial charge in [-0.25, -0.2) is 0 Å². The summed E-state index contributed by atoms with van der Waals surface area (Å²) in [4.78, 5) is 11.7. The average Bonchev–Trinajstić information content (AvgIpc) is 2.42. The van der Waals surface area contributed by atoms with Gasteiger partial charge in [-0.2, -0.15) is 0 Å². The number of carbonyl (C=O) groups excluding carboxylic acids is 1. The molecule has 1 aliphatic rings. The Morgan fingerprint density at radius 3 is 2.95 bits per heavy atom. The van der Waals surface area contributed by atoms with Gasteiger partial charge in [-0.3, -0.25) is 4.79 Å². The number of amides is 1. The Labute approximate surface area is 115 Å². The first-order valence-electron chi connectivity index (χ1n) is 7.24. The zero-order valence-corrected chi connectivity index (χ0v) is 11.9. The van der Waals surface area contributed by atoms with Crippen LogP contribution < -0.4 is 10.6 Å². The summed E-state index contributed by atoms with van der Waals surface area (Å²) in [5, 5.41) is 6.33. The highest BCUT2D eigenvalue weighted by Crippen LogP contribution is 2.29. The van der Waals surface area contributed by atoms with Gasteiger partial charge in [-0.05, 0) is 36.3 Å². The van der Waals surface area contributed by atoms with E-state index in [4.69, 9.17) is 0 Å². The topological polar surface area (TPSA) is 41.1 Å². The lowest BCUT2D eigenvalue weighted by atomic mass is 9.88. The smallest absolute Gasteiger partial charge is 0.233 e. The van der Waals surface area contributed by atoms with Crippen molar-refractivity contribution in [2.24, 2.45) is 5.92 Å². The van der Waals surface area contributed by atoms with E-state index in [9.17, 15) is 4.79 Å². The standard InChI is InChI=1S/C16H24N2O/c1-12(2)10-18-16(19)11-17-15-9-5-7-13-6-3-4-8-14(13)15/h3-4,6,8,12,15,17H,5,7,9-11H2,1-2H3,(H,18,19). The summed E-state index contributed by atoms with van der Waals surface area (Å²) >= 11 is 0. The summed E-state index contributed by atoms with van der Waals surface area (Å²) in [5.41, 5.74) is 2.79. The summed E-state index contributed by atoms with van der Waals surface area (Å²) < 4.78 is 0. The Balaban J connectivity index is 1.86. The molecule has 2 N–H and O–H groups in total. The van der Waals surface area contributed by atoms with Gasteiger partial charge in [0.05, 0.1) is 6.54 Å². The van der Waals surface area contributed by atoms with Crippen molar-refractivity contribution >= 4 is 5.91 Å². The van der Waals surface area contributed by atoms with Crippen LogP contribution in [0.25, 0.3) is 0 Å². The van der Waals surface area contributed by atoms with Crippen LogP contribution in [0.1, 0.15) is 43.9 Å². The summed E-state index contributed by atoms with van der Waals surface area (Å²) in [6.07, 6.45) is 3.48. The van der Waals surface area contributed by atoms with E-state index in [0.717, 1.165) is 19.4 Å². The Kier molecular flexibility index (Phi) is 4.97. The minimum absolute atomic E-state index is 0.0942. The number of nitrogens with one attached hydrogen (secondary N) is 2. The second-order valence-electron chi connectivity index (χ2n) is 5.72. The van der Waals surface area contributed by atoms with E-state index in [-0.39, 0.29) is 5.91 Å². The van der Waals surface area contributed by atoms with Crippen LogP contribution in [0.2, 0.25) is 0 Å². The lowest BCUT2D eigenvalue weighted by Gasteiger charge is -2.26. The molecule has 2 rings (SSSR count). The molecular weight excluding hydrogens is 236 g/mol. The molecule has 0 fully saturated rings. The van der Waals surface area contributed by atoms with Crippen molar-refractivity contribution in [1.29, 1.82) is 0 Å². The van der Waals surface area contributed by atoms with Gasteiger partial charge in [0.25, 0.3) is 0 Å². The molecule has 3 nitrogen and oxygen atoms in total. The van der Waals surface area contributed by atoms with Gasteiger partial charge in [-0.1, -0.05) is 38.1 Å². The van der Waals surface area contributed by atoms with Crippen LogP contribution in [0, 0.1) is 5.92 Å². The van der Waals surface area contributed by atoms with Crippen LogP contribution in [0.4, 0.5) is 0 Å². The van der Waals surface area contributed by atoms with Crippen molar-refractivity contribution in [2.45, 2.75) is 39.2 Å². The fourth-order valence-electron chi connectivity index (χ4n) is 2.56. The number of rotatable bonds is 5. The minimum atomic E-state index is 0.0942. The van der Waals surface area contributed by atoms with Crippen molar-refractivity contribution in [3.05, 3.63) is 35.4 Å². The second-order valence-corrected chi connectivity index (χ2v) is 5.72. The Bertz CT molecular complexity index is 429. The van der Waals surface area contributed by atoms with Gasteiger partial charge < -0.3 is 10.6 Å². The molecule has 1 aromatic carbocycles. The van der Waals surface area contributed by atoms with Crippen LogP contribution in [-0.4, -0.2) is 19.0 Å². The lowest BCUT2D eigenvalue weighted by molar-refractivity contribution is -0.120.